The van der Waals surface area contributed by atoms with E-state index >= 15 is 0 Å². The Bertz CT molecular complexity index is 531. The minimum atomic E-state index is -1.03. The summed E-state index contributed by atoms with van der Waals surface area (Å²) in [5.41, 5.74) is 0.531. The predicted molar refractivity (Wildman–Crippen MR) is 56.0 cm³/mol. The van der Waals surface area contributed by atoms with E-state index in [1.165, 1.54) is 15.6 Å². The Morgan fingerprint density at radius 2 is 2.29 bits per heavy atom. The molecule has 2 aromatic heterocycles. The molecule has 1 unspecified atom stereocenters. The lowest BCUT2D eigenvalue weighted by atomic mass is 10.2. The second-order valence-corrected chi connectivity index (χ2v) is 3.49. The first-order valence-electron chi connectivity index (χ1n) is 4.78. The zero-order valence-electron chi connectivity index (χ0n) is 9.27. The minimum Gasteiger partial charge on any atom is -0.479 e. The molecule has 0 amide bonds. The summed E-state index contributed by atoms with van der Waals surface area (Å²) in [5, 5.41) is 26.5. The summed E-state index contributed by atoms with van der Waals surface area (Å²) in [6, 6.07) is -0.937. The Morgan fingerprint density at radius 3 is 2.76 bits per heavy atom. The third-order valence-corrected chi connectivity index (χ3v) is 2.20. The van der Waals surface area contributed by atoms with Gasteiger partial charge in [0.2, 0.25) is 5.95 Å². The standard InChI is InChI=1S/C8H11N7O2/c1-14-4-5(3-9-14)6(7(16)17)10-8-11-12-13-15(8)2/h3-4,6H,1-2H3,(H,16,17)(H,10,11,13). The highest BCUT2D eigenvalue weighted by molar-refractivity contribution is 5.78. The molecule has 0 bridgehead atoms. The van der Waals surface area contributed by atoms with E-state index in [1.807, 2.05) is 0 Å². The van der Waals surface area contributed by atoms with Crippen LogP contribution in [0.3, 0.4) is 0 Å². The Labute approximate surface area is 96.0 Å². The van der Waals surface area contributed by atoms with Gasteiger partial charge in [-0.3, -0.25) is 4.68 Å². The minimum absolute atomic E-state index is 0.279. The second-order valence-electron chi connectivity index (χ2n) is 3.49. The van der Waals surface area contributed by atoms with Gasteiger partial charge < -0.3 is 10.4 Å². The van der Waals surface area contributed by atoms with Gasteiger partial charge in [-0.1, -0.05) is 5.10 Å². The topological polar surface area (TPSA) is 111 Å². The SMILES string of the molecule is Cn1cc(C(Nc2nnnn2C)C(=O)O)cn1. The molecule has 9 nitrogen and oxygen atoms in total. The van der Waals surface area contributed by atoms with Crippen molar-refractivity contribution < 1.29 is 9.90 Å². The van der Waals surface area contributed by atoms with Crippen LogP contribution in [-0.4, -0.2) is 41.1 Å². The fraction of sp³-hybridized carbons (Fsp3) is 0.375. The zero-order chi connectivity index (χ0) is 12.4. The first-order valence-corrected chi connectivity index (χ1v) is 4.78. The number of carboxylic acid groups (broad SMARTS) is 1. The number of aromatic nitrogens is 6. The molecule has 0 spiro atoms. The molecule has 1 atom stereocenters. The largest absolute Gasteiger partial charge is 0.479 e. The maximum atomic E-state index is 11.2. The molecule has 2 aromatic rings. The molecule has 0 aliphatic rings. The Balaban J connectivity index is 2.25. The maximum absolute atomic E-state index is 11.2. The molecule has 2 N–H and O–H groups in total. The molecular formula is C8H11N7O2. The third-order valence-electron chi connectivity index (χ3n) is 2.20. The average molecular weight is 237 g/mol. The van der Waals surface area contributed by atoms with Crippen molar-refractivity contribution in [2.24, 2.45) is 14.1 Å². The maximum Gasteiger partial charge on any atom is 0.331 e. The highest BCUT2D eigenvalue weighted by Crippen LogP contribution is 2.16. The van der Waals surface area contributed by atoms with Gasteiger partial charge in [-0.25, -0.2) is 9.48 Å². The molecule has 0 saturated carbocycles. The fourth-order valence-electron chi connectivity index (χ4n) is 1.36. The van der Waals surface area contributed by atoms with E-state index < -0.39 is 12.0 Å². The van der Waals surface area contributed by atoms with Crippen LogP contribution in [0.1, 0.15) is 11.6 Å². The molecule has 0 saturated heterocycles. The lowest BCUT2D eigenvalue weighted by Gasteiger charge is -2.11. The van der Waals surface area contributed by atoms with E-state index in [0.717, 1.165) is 0 Å². The van der Waals surface area contributed by atoms with E-state index in [0.29, 0.717) is 5.56 Å². The van der Waals surface area contributed by atoms with Gasteiger partial charge in [0.1, 0.15) is 0 Å². The summed E-state index contributed by atoms with van der Waals surface area (Å²) < 4.78 is 2.88. The van der Waals surface area contributed by atoms with Crippen molar-refractivity contribution in [3.8, 4) is 0 Å². The van der Waals surface area contributed by atoms with Crippen LogP contribution in [0, 0.1) is 0 Å². The van der Waals surface area contributed by atoms with Crippen molar-refractivity contribution in [3.63, 3.8) is 0 Å². The van der Waals surface area contributed by atoms with E-state index in [2.05, 4.69) is 25.9 Å². The number of nitrogens with zero attached hydrogens (tertiary/aromatic N) is 6. The number of nitrogens with one attached hydrogen (secondary N) is 1. The van der Waals surface area contributed by atoms with Gasteiger partial charge in [0.15, 0.2) is 6.04 Å². The van der Waals surface area contributed by atoms with Crippen LogP contribution in [0.4, 0.5) is 5.95 Å². The monoisotopic (exact) mass is 237 g/mol. The first-order chi connectivity index (χ1) is 8.08. The summed E-state index contributed by atoms with van der Waals surface area (Å²) in [6.45, 7) is 0. The summed E-state index contributed by atoms with van der Waals surface area (Å²) in [5.74, 6) is -0.748. The highest BCUT2D eigenvalue weighted by atomic mass is 16.4. The number of hydrogen-bond donors (Lipinski definition) is 2. The van der Waals surface area contributed by atoms with Crippen LogP contribution in [0.25, 0.3) is 0 Å². The van der Waals surface area contributed by atoms with Crippen LogP contribution in [0.15, 0.2) is 12.4 Å². The quantitative estimate of drug-likeness (QED) is 0.714. The van der Waals surface area contributed by atoms with E-state index in [-0.39, 0.29) is 5.95 Å². The Kier molecular flexibility index (Phi) is 2.73. The summed E-state index contributed by atoms with van der Waals surface area (Å²) in [4.78, 5) is 11.2. The predicted octanol–water partition coefficient (Wildman–Crippen LogP) is -0.819. The zero-order valence-corrected chi connectivity index (χ0v) is 9.27. The van der Waals surface area contributed by atoms with Crippen molar-refractivity contribution in [1.29, 1.82) is 0 Å². The molecule has 0 aliphatic carbocycles. The number of aryl methyl sites for hydroxylation is 2. The molecular weight excluding hydrogens is 226 g/mol. The molecule has 2 rings (SSSR count). The molecule has 17 heavy (non-hydrogen) atoms. The van der Waals surface area contributed by atoms with Crippen molar-refractivity contribution >= 4 is 11.9 Å². The van der Waals surface area contributed by atoms with Crippen molar-refractivity contribution in [1.82, 2.24) is 30.0 Å². The van der Waals surface area contributed by atoms with Crippen LogP contribution < -0.4 is 5.32 Å². The van der Waals surface area contributed by atoms with Gasteiger partial charge >= 0.3 is 5.97 Å². The lowest BCUT2D eigenvalue weighted by molar-refractivity contribution is -0.138. The number of rotatable bonds is 4. The molecule has 90 valence electrons. The number of carboxylic acids is 1. The molecule has 9 heteroatoms. The first kappa shape index (κ1) is 11.0. The van der Waals surface area contributed by atoms with Crippen molar-refractivity contribution in [3.05, 3.63) is 18.0 Å². The van der Waals surface area contributed by atoms with Crippen LogP contribution in [0.2, 0.25) is 0 Å². The van der Waals surface area contributed by atoms with Gasteiger partial charge in [0.25, 0.3) is 0 Å². The molecule has 0 aliphatic heterocycles. The number of anilines is 1. The second kappa shape index (κ2) is 4.20. The smallest absolute Gasteiger partial charge is 0.331 e. The van der Waals surface area contributed by atoms with Gasteiger partial charge in [-0.05, 0) is 10.4 Å². The average Bonchev–Trinajstić information content (AvgIpc) is 2.84. The normalized spacial score (nSPS) is 12.4. The van der Waals surface area contributed by atoms with E-state index in [4.69, 9.17) is 5.11 Å². The lowest BCUT2D eigenvalue weighted by Crippen LogP contribution is -2.22. The summed E-state index contributed by atoms with van der Waals surface area (Å²) in [6.07, 6.45) is 3.10. The van der Waals surface area contributed by atoms with Crippen LogP contribution in [-0.2, 0) is 18.9 Å². The third kappa shape index (κ3) is 2.22. The van der Waals surface area contributed by atoms with E-state index in [9.17, 15) is 4.79 Å². The Morgan fingerprint density at radius 1 is 1.53 bits per heavy atom. The highest BCUT2D eigenvalue weighted by Gasteiger charge is 2.23. The number of carbonyl (C=O) groups is 1. The van der Waals surface area contributed by atoms with E-state index in [1.54, 1.807) is 20.3 Å². The van der Waals surface area contributed by atoms with Gasteiger partial charge in [-0.15, -0.1) is 0 Å². The fourth-order valence-corrected chi connectivity index (χ4v) is 1.36. The molecule has 0 fully saturated rings. The van der Waals surface area contributed by atoms with Crippen molar-refractivity contribution in [2.75, 3.05) is 5.32 Å². The molecule has 2 heterocycles. The van der Waals surface area contributed by atoms with Gasteiger partial charge in [-0.2, -0.15) is 5.10 Å². The summed E-state index contributed by atoms with van der Waals surface area (Å²) >= 11 is 0. The number of tetrazole rings is 1. The van der Waals surface area contributed by atoms with Crippen molar-refractivity contribution in [2.45, 2.75) is 6.04 Å². The summed E-state index contributed by atoms with van der Waals surface area (Å²) in [7, 11) is 3.33. The molecule has 0 aromatic carbocycles. The van der Waals surface area contributed by atoms with Gasteiger partial charge in [0.05, 0.1) is 6.20 Å². The molecule has 0 radical (unpaired) electrons. The Hall–Kier alpha value is -2.45. The van der Waals surface area contributed by atoms with Crippen LogP contribution in [0.5, 0.6) is 0 Å². The number of hydrogen-bond acceptors (Lipinski definition) is 6. The van der Waals surface area contributed by atoms with Gasteiger partial charge in [0, 0.05) is 25.9 Å². The van der Waals surface area contributed by atoms with Crippen LogP contribution >= 0.6 is 0 Å². The number of aliphatic carboxylic acids is 1.